The maximum absolute atomic E-state index is 13.2. The fraction of sp³-hybridized carbons (Fsp3) is 0.350. The van der Waals surface area contributed by atoms with Crippen molar-refractivity contribution in [1.82, 2.24) is 0 Å². The van der Waals surface area contributed by atoms with Gasteiger partial charge in [0.05, 0.1) is 51.9 Å². The van der Waals surface area contributed by atoms with Crippen LogP contribution in [0.5, 0.6) is 5.75 Å². The molecule has 0 atom stereocenters. The molecular formula is C20H24F2N3O2+. The number of hydrogen-bond donors (Lipinski definition) is 2. The van der Waals surface area contributed by atoms with E-state index in [1.807, 2.05) is 18.2 Å². The molecule has 0 saturated carbocycles. The maximum atomic E-state index is 13.2. The van der Waals surface area contributed by atoms with Crippen molar-refractivity contribution in [3.05, 3.63) is 54.1 Å². The molecule has 1 aliphatic rings. The molecule has 1 aliphatic heterocycles. The van der Waals surface area contributed by atoms with Gasteiger partial charge in [0, 0.05) is 11.8 Å². The van der Waals surface area contributed by atoms with Gasteiger partial charge in [0.15, 0.2) is 11.6 Å². The molecule has 1 fully saturated rings. The Bertz CT molecular complexity index is 793. The number of methoxy groups -OCH3 is 1. The molecule has 7 heteroatoms. The first kappa shape index (κ1) is 19.1. The number of para-hydroxylation sites is 2. The lowest BCUT2D eigenvalue weighted by Crippen LogP contribution is -3.15. The van der Waals surface area contributed by atoms with Crippen LogP contribution >= 0.6 is 0 Å². The van der Waals surface area contributed by atoms with Crippen molar-refractivity contribution in [2.45, 2.75) is 6.42 Å². The van der Waals surface area contributed by atoms with Crippen molar-refractivity contribution in [3.8, 4) is 5.75 Å². The summed E-state index contributed by atoms with van der Waals surface area (Å²) in [5.41, 5.74) is 1.37. The highest BCUT2D eigenvalue weighted by Crippen LogP contribution is 2.27. The minimum Gasteiger partial charge on any atom is -0.495 e. The number of halogens is 2. The van der Waals surface area contributed by atoms with Gasteiger partial charge in [-0.25, -0.2) is 8.78 Å². The minimum absolute atomic E-state index is 0.194. The second-order valence-corrected chi connectivity index (χ2v) is 6.59. The third-order valence-electron chi connectivity index (χ3n) is 4.81. The third-order valence-corrected chi connectivity index (χ3v) is 4.81. The Labute approximate surface area is 157 Å². The molecule has 1 heterocycles. The van der Waals surface area contributed by atoms with Crippen LogP contribution in [0.1, 0.15) is 6.42 Å². The first-order chi connectivity index (χ1) is 13.1. The predicted molar refractivity (Wildman–Crippen MR) is 100 cm³/mol. The van der Waals surface area contributed by atoms with Crippen molar-refractivity contribution in [2.24, 2.45) is 0 Å². The number of nitrogens with one attached hydrogen (secondary N) is 2. The molecule has 5 nitrogen and oxygen atoms in total. The van der Waals surface area contributed by atoms with E-state index >= 15 is 0 Å². The number of rotatable bonds is 6. The fourth-order valence-electron chi connectivity index (χ4n) is 3.29. The third kappa shape index (κ3) is 4.95. The fourth-order valence-corrected chi connectivity index (χ4v) is 3.29. The summed E-state index contributed by atoms with van der Waals surface area (Å²) >= 11 is 0. The number of hydrogen-bond acceptors (Lipinski definition) is 3. The highest BCUT2D eigenvalue weighted by atomic mass is 19.2. The van der Waals surface area contributed by atoms with Crippen LogP contribution in [-0.4, -0.2) is 45.7 Å². The maximum Gasteiger partial charge on any atom is 0.230 e. The van der Waals surface area contributed by atoms with Crippen molar-refractivity contribution in [2.75, 3.05) is 50.1 Å². The molecule has 27 heavy (non-hydrogen) atoms. The van der Waals surface area contributed by atoms with Gasteiger partial charge in [-0.15, -0.1) is 0 Å². The molecule has 2 aromatic rings. The molecule has 0 radical (unpaired) electrons. The predicted octanol–water partition coefficient (Wildman–Crippen LogP) is 1.71. The van der Waals surface area contributed by atoms with Crippen LogP contribution in [-0.2, 0) is 4.79 Å². The Morgan fingerprint density at radius 3 is 2.59 bits per heavy atom. The van der Waals surface area contributed by atoms with E-state index in [-0.39, 0.29) is 11.6 Å². The zero-order valence-electron chi connectivity index (χ0n) is 15.3. The van der Waals surface area contributed by atoms with E-state index in [1.54, 1.807) is 7.11 Å². The summed E-state index contributed by atoms with van der Waals surface area (Å²) in [7, 11) is 1.67. The Morgan fingerprint density at radius 2 is 1.89 bits per heavy atom. The second kappa shape index (κ2) is 8.81. The lowest BCUT2D eigenvalue weighted by atomic mass is 10.2. The number of amides is 1. The van der Waals surface area contributed by atoms with Crippen molar-refractivity contribution in [1.29, 1.82) is 0 Å². The number of quaternary nitrogens is 1. The molecule has 2 N–H and O–H groups in total. The molecule has 144 valence electrons. The van der Waals surface area contributed by atoms with E-state index in [0.29, 0.717) is 13.0 Å². The van der Waals surface area contributed by atoms with Gasteiger partial charge in [0.2, 0.25) is 5.91 Å². The monoisotopic (exact) mass is 376 g/mol. The Kier molecular flexibility index (Phi) is 6.24. The van der Waals surface area contributed by atoms with Gasteiger partial charge in [-0.3, -0.25) is 4.79 Å². The summed E-state index contributed by atoms with van der Waals surface area (Å²) in [5.74, 6) is -1.22. The standard InChI is InChI=1S/C20H23F2N3O2/c1-27-19-5-3-2-4-18(19)25-12-10-24(11-13-25)9-8-20(26)23-15-6-7-16(21)17(22)14-15/h2-7,14H,8-13H2,1H3,(H,23,26)/p+1. The number of piperazine rings is 1. The number of benzene rings is 2. The number of carbonyl (C=O) groups excluding carboxylic acids is 1. The summed E-state index contributed by atoms with van der Waals surface area (Å²) in [5, 5.41) is 2.61. The van der Waals surface area contributed by atoms with Crippen LogP contribution < -0.4 is 19.9 Å². The van der Waals surface area contributed by atoms with Crippen LogP contribution in [0.3, 0.4) is 0 Å². The largest absolute Gasteiger partial charge is 0.495 e. The summed E-state index contributed by atoms with van der Waals surface area (Å²) in [6.45, 7) is 4.34. The molecule has 2 aromatic carbocycles. The zero-order valence-corrected chi connectivity index (χ0v) is 15.3. The number of ether oxygens (including phenoxy) is 1. The van der Waals surface area contributed by atoms with Gasteiger partial charge in [-0.2, -0.15) is 0 Å². The first-order valence-electron chi connectivity index (χ1n) is 9.03. The van der Waals surface area contributed by atoms with E-state index in [0.717, 1.165) is 49.7 Å². The normalized spacial score (nSPS) is 14.9. The SMILES string of the molecule is COc1ccccc1N1CC[NH+](CCC(=O)Nc2ccc(F)c(F)c2)CC1. The van der Waals surface area contributed by atoms with E-state index in [4.69, 9.17) is 4.74 Å². The lowest BCUT2D eigenvalue weighted by Gasteiger charge is -2.34. The Morgan fingerprint density at radius 1 is 1.15 bits per heavy atom. The van der Waals surface area contributed by atoms with Crippen molar-refractivity contribution < 1.29 is 23.2 Å². The van der Waals surface area contributed by atoms with Gasteiger partial charge < -0.3 is 19.9 Å². The Balaban J connectivity index is 1.45. The lowest BCUT2D eigenvalue weighted by molar-refractivity contribution is -0.900. The van der Waals surface area contributed by atoms with Crippen LogP contribution in [0.15, 0.2) is 42.5 Å². The van der Waals surface area contributed by atoms with E-state index < -0.39 is 11.6 Å². The van der Waals surface area contributed by atoms with E-state index in [9.17, 15) is 13.6 Å². The highest BCUT2D eigenvalue weighted by molar-refractivity contribution is 5.90. The van der Waals surface area contributed by atoms with Crippen LogP contribution in [0.4, 0.5) is 20.2 Å². The second-order valence-electron chi connectivity index (χ2n) is 6.59. The van der Waals surface area contributed by atoms with Gasteiger partial charge in [0.1, 0.15) is 5.75 Å². The molecule has 0 aliphatic carbocycles. The van der Waals surface area contributed by atoms with Crippen molar-refractivity contribution >= 4 is 17.3 Å². The summed E-state index contributed by atoms with van der Waals surface area (Å²) < 4.78 is 31.5. The topological polar surface area (TPSA) is 46.0 Å². The van der Waals surface area contributed by atoms with Gasteiger partial charge in [0.25, 0.3) is 0 Å². The van der Waals surface area contributed by atoms with E-state index in [1.165, 1.54) is 11.0 Å². The highest BCUT2D eigenvalue weighted by Gasteiger charge is 2.22. The van der Waals surface area contributed by atoms with Gasteiger partial charge in [-0.1, -0.05) is 12.1 Å². The number of anilines is 2. The number of nitrogens with zero attached hydrogens (tertiary/aromatic N) is 1. The zero-order chi connectivity index (χ0) is 19.2. The smallest absolute Gasteiger partial charge is 0.230 e. The molecule has 0 unspecified atom stereocenters. The summed E-state index contributed by atoms with van der Waals surface area (Å²) in [6, 6.07) is 11.3. The Hall–Kier alpha value is -2.67. The first-order valence-corrected chi connectivity index (χ1v) is 9.03. The molecule has 1 saturated heterocycles. The molecule has 1 amide bonds. The van der Waals surface area contributed by atoms with Gasteiger partial charge >= 0.3 is 0 Å². The van der Waals surface area contributed by atoms with Crippen molar-refractivity contribution in [3.63, 3.8) is 0 Å². The average molecular weight is 376 g/mol. The molecule has 0 bridgehead atoms. The van der Waals surface area contributed by atoms with Crippen LogP contribution in [0, 0.1) is 11.6 Å². The van der Waals surface area contributed by atoms with E-state index in [2.05, 4.69) is 16.3 Å². The van der Waals surface area contributed by atoms with Gasteiger partial charge in [-0.05, 0) is 24.3 Å². The van der Waals surface area contributed by atoms with Crippen LogP contribution in [0.25, 0.3) is 0 Å². The molecular weight excluding hydrogens is 352 g/mol. The summed E-state index contributed by atoms with van der Waals surface area (Å²) in [6.07, 6.45) is 0.336. The summed E-state index contributed by atoms with van der Waals surface area (Å²) in [4.78, 5) is 15.7. The average Bonchev–Trinajstić information content (AvgIpc) is 2.69. The molecule has 0 aromatic heterocycles. The number of carbonyl (C=O) groups is 1. The molecule has 0 spiro atoms. The quantitative estimate of drug-likeness (QED) is 0.807. The van der Waals surface area contributed by atoms with Crippen LogP contribution in [0.2, 0.25) is 0 Å². The molecule has 3 rings (SSSR count). The minimum atomic E-state index is -0.967.